The summed E-state index contributed by atoms with van der Waals surface area (Å²) in [6.07, 6.45) is 1.32. The lowest BCUT2D eigenvalue weighted by Crippen LogP contribution is -2.58. The van der Waals surface area contributed by atoms with E-state index in [0.717, 1.165) is 17.3 Å². The monoisotopic (exact) mass is 421 g/mol. The van der Waals surface area contributed by atoms with Crippen LogP contribution in [0.4, 0.5) is 0 Å². The predicted molar refractivity (Wildman–Crippen MR) is 101 cm³/mol. The van der Waals surface area contributed by atoms with Crippen LogP contribution in [-0.2, 0) is 19.1 Å². The predicted octanol–water partition coefficient (Wildman–Crippen LogP) is 3.64. The van der Waals surface area contributed by atoms with E-state index in [1.54, 1.807) is 6.92 Å². The lowest BCUT2D eigenvalue weighted by atomic mass is 9.82. The van der Waals surface area contributed by atoms with E-state index < -0.39 is 12.1 Å². The lowest BCUT2D eigenvalue weighted by Gasteiger charge is -2.48. The molecule has 2 aliphatic heterocycles. The summed E-state index contributed by atoms with van der Waals surface area (Å²) in [5, 5.41) is 0. The second-order valence-electron chi connectivity index (χ2n) is 7.20. The number of carbonyl (C=O) groups is 2. The maximum absolute atomic E-state index is 12.5. The van der Waals surface area contributed by atoms with E-state index in [-0.39, 0.29) is 24.7 Å². The van der Waals surface area contributed by atoms with E-state index in [0.29, 0.717) is 18.0 Å². The number of halogens is 1. The number of hydrogen-bond donors (Lipinski definition) is 0. The Balaban J connectivity index is 1.78. The van der Waals surface area contributed by atoms with Gasteiger partial charge < -0.3 is 9.47 Å². The minimum absolute atomic E-state index is 0.0576. The molecule has 0 spiro atoms. The molecule has 0 saturated carbocycles. The third-order valence-corrected chi connectivity index (χ3v) is 5.65. The molecular formula is C20H24BrNO4. The highest BCUT2D eigenvalue weighted by molar-refractivity contribution is 9.10. The maximum atomic E-state index is 12.5. The standard InChI is InChI=1S/C20H24BrNO4/c1-12(2)19(23)25-11-16-10-22-17(20(24)26-16)9-4-13(3)18(22)14-5-7-15(21)8-6-14/h5-8,13,16-18H,1,4,9-11H2,2-3H3/t13-,16+,17+,18+/m1/s1. The number of benzene rings is 1. The van der Waals surface area contributed by atoms with Crippen LogP contribution in [0.2, 0.25) is 0 Å². The molecule has 0 aromatic heterocycles. The quantitative estimate of drug-likeness (QED) is 0.548. The van der Waals surface area contributed by atoms with Gasteiger partial charge in [0.1, 0.15) is 18.8 Å². The number of esters is 2. The molecule has 140 valence electrons. The zero-order valence-electron chi connectivity index (χ0n) is 15.1. The Hall–Kier alpha value is -1.66. The number of morpholine rings is 1. The zero-order valence-corrected chi connectivity index (χ0v) is 16.7. The summed E-state index contributed by atoms with van der Waals surface area (Å²) >= 11 is 3.48. The molecule has 5 nitrogen and oxygen atoms in total. The highest BCUT2D eigenvalue weighted by atomic mass is 79.9. The van der Waals surface area contributed by atoms with Gasteiger partial charge in [0.05, 0.1) is 0 Å². The first-order valence-electron chi connectivity index (χ1n) is 8.91. The molecule has 0 unspecified atom stereocenters. The van der Waals surface area contributed by atoms with Crippen LogP contribution in [0, 0.1) is 5.92 Å². The number of rotatable bonds is 4. The van der Waals surface area contributed by atoms with Crippen LogP contribution in [0.1, 0.15) is 38.3 Å². The SMILES string of the molecule is C=C(C)C(=O)OC[C@@H]1CN2[C@H](c3ccc(Br)cc3)[C@H](C)CC[C@H]2C(=O)O1. The van der Waals surface area contributed by atoms with Gasteiger partial charge in [-0.15, -0.1) is 0 Å². The molecule has 2 saturated heterocycles. The molecule has 4 atom stereocenters. The van der Waals surface area contributed by atoms with Gasteiger partial charge in [-0.05, 0) is 43.4 Å². The Labute approximate surface area is 162 Å². The van der Waals surface area contributed by atoms with Gasteiger partial charge in [0, 0.05) is 22.6 Å². The molecule has 0 N–H and O–H groups in total. The van der Waals surface area contributed by atoms with E-state index in [1.807, 2.05) is 12.1 Å². The van der Waals surface area contributed by atoms with Crippen LogP contribution in [0.15, 0.2) is 40.9 Å². The summed E-state index contributed by atoms with van der Waals surface area (Å²) in [6, 6.07) is 8.18. The maximum Gasteiger partial charge on any atom is 0.333 e. The van der Waals surface area contributed by atoms with Crippen molar-refractivity contribution in [1.29, 1.82) is 0 Å². The number of nitrogens with zero attached hydrogens (tertiary/aromatic N) is 1. The summed E-state index contributed by atoms with van der Waals surface area (Å²) in [5.41, 5.74) is 1.53. The fourth-order valence-corrected chi connectivity index (χ4v) is 4.10. The van der Waals surface area contributed by atoms with E-state index in [4.69, 9.17) is 9.47 Å². The van der Waals surface area contributed by atoms with Gasteiger partial charge in [0.2, 0.25) is 0 Å². The minimum Gasteiger partial charge on any atom is -0.458 e. The Morgan fingerprint density at radius 1 is 1.35 bits per heavy atom. The number of carbonyl (C=O) groups excluding carboxylic acids is 2. The molecule has 0 bridgehead atoms. The molecule has 0 amide bonds. The molecule has 0 aliphatic carbocycles. The normalized spacial score (nSPS) is 28.8. The molecule has 3 rings (SSSR count). The van der Waals surface area contributed by atoms with Gasteiger partial charge in [-0.2, -0.15) is 0 Å². The summed E-state index contributed by atoms with van der Waals surface area (Å²) in [7, 11) is 0. The van der Waals surface area contributed by atoms with Gasteiger partial charge in [-0.25, -0.2) is 4.79 Å². The van der Waals surface area contributed by atoms with Crippen LogP contribution >= 0.6 is 15.9 Å². The molecule has 1 aromatic carbocycles. The molecule has 6 heteroatoms. The van der Waals surface area contributed by atoms with Crippen molar-refractivity contribution < 1.29 is 19.1 Å². The molecular weight excluding hydrogens is 398 g/mol. The highest BCUT2D eigenvalue weighted by Gasteiger charge is 2.45. The first kappa shape index (κ1) is 19.1. The fraction of sp³-hybridized carbons (Fsp3) is 0.500. The molecule has 26 heavy (non-hydrogen) atoms. The zero-order chi connectivity index (χ0) is 18.8. The van der Waals surface area contributed by atoms with Gasteiger partial charge in [-0.1, -0.05) is 41.6 Å². The second kappa shape index (κ2) is 7.92. The topological polar surface area (TPSA) is 55.8 Å². The third-order valence-electron chi connectivity index (χ3n) is 5.12. The van der Waals surface area contributed by atoms with Crippen LogP contribution < -0.4 is 0 Å². The van der Waals surface area contributed by atoms with Crippen molar-refractivity contribution in [2.45, 2.75) is 44.9 Å². The number of ether oxygens (including phenoxy) is 2. The number of fused-ring (bicyclic) bond motifs is 1. The molecule has 2 heterocycles. The number of cyclic esters (lactones) is 1. The van der Waals surface area contributed by atoms with Crippen molar-refractivity contribution in [2.24, 2.45) is 5.92 Å². The summed E-state index contributed by atoms with van der Waals surface area (Å²) in [4.78, 5) is 26.4. The molecule has 2 fully saturated rings. The van der Waals surface area contributed by atoms with Crippen molar-refractivity contribution in [1.82, 2.24) is 4.90 Å². The van der Waals surface area contributed by atoms with Gasteiger partial charge in [-0.3, -0.25) is 9.69 Å². The van der Waals surface area contributed by atoms with E-state index >= 15 is 0 Å². The summed E-state index contributed by atoms with van der Waals surface area (Å²) < 4.78 is 11.8. The largest absolute Gasteiger partial charge is 0.458 e. The van der Waals surface area contributed by atoms with Gasteiger partial charge >= 0.3 is 11.9 Å². The lowest BCUT2D eigenvalue weighted by molar-refractivity contribution is -0.180. The Bertz CT molecular complexity index is 702. The van der Waals surface area contributed by atoms with E-state index in [2.05, 4.69) is 46.5 Å². The number of hydrogen-bond acceptors (Lipinski definition) is 5. The smallest absolute Gasteiger partial charge is 0.333 e. The van der Waals surface area contributed by atoms with Gasteiger partial charge in [0.25, 0.3) is 0 Å². The van der Waals surface area contributed by atoms with Crippen molar-refractivity contribution in [3.05, 3.63) is 46.5 Å². The summed E-state index contributed by atoms with van der Waals surface area (Å²) in [5.74, 6) is -0.252. The minimum atomic E-state index is -0.459. The van der Waals surface area contributed by atoms with Crippen molar-refractivity contribution in [3.63, 3.8) is 0 Å². The third kappa shape index (κ3) is 4.01. The van der Waals surface area contributed by atoms with Crippen LogP contribution in [0.5, 0.6) is 0 Å². The average molecular weight is 422 g/mol. The highest BCUT2D eigenvalue weighted by Crippen LogP contribution is 2.41. The first-order valence-corrected chi connectivity index (χ1v) is 9.70. The molecule has 0 radical (unpaired) electrons. The average Bonchev–Trinajstić information content (AvgIpc) is 2.60. The summed E-state index contributed by atoms with van der Waals surface area (Å²) in [6.45, 7) is 8.01. The van der Waals surface area contributed by atoms with E-state index in [9.17, 15) is 9.59 Å². The van der Waals surface area contributed by atoms with Crippen LogP contribution in [0.3, 0.4) is 0 Å². The van der Waals surface area contributed by atoms with Crippen molar-refractivity contribution in [3.8, 4) is 0 Å². The Morgan fingerprint density at radius 3 is 2.69 bits per heavy atom. The fourth-order valence-electron chi connectivity index (χ4n) is 3.83. The van der Waals surface area contributed by atoms with Crippen molar-refractivity contribution in [2.75, 3.05) is 13.2 Å². The van der Waals surface area contributed by atoms with E-state index in [1.165, 1.54) is 5.56 Å². The van der Waals surface area contributed by atoms with Crippen LogP contribution in [-0.4, -0.2) is 42.1 Å². The Morgan fingerprint density at radius 2 is 2.04 bits per heavy atom. The second-order valence-corrected chi connectivity index (χ2v) is 8.12. The Kier molecular flexibility index (Phi) is 5.82. The molecule has 1 aromatic rings. The number of piperidine rings is 1. The molecule has 2 aliphatic rings. The van der Waals surface area contributed by atoms with Crippen LogP contribution in [0.25, 0.3) is 0 Å². The van der Waals surface area contributed by atoms with Crippen molar-refractivity contribution >= 4 is 27.9 Å². The first-order chi connectivity index (χ1) is 12.4. The van der Waals surface area contributed by atoms with Gasteiger partial charge in [0.15, 0.2) is 0 Å².